The lowest BCUT2D eigenvalue weighted by atomic mass is 9.87. The van der Waals surface area contributed by atoms with Crippen LogP contribution >= 0.6 is 0 Å². The van der Waals surface area contributed by atoms with Crippen molar-refractivity contribution in [3.05, 3.63) is 46.8 Å². The Morgan fingerprint density at radius 3 is 2.75 bits per heavy atom. The summed E-state index contributed by atoms with van der Waals surface area (Å²) in [4.78, 5) is 27.0. The van der Waals surface area contributed by atoms with Gasteiger partial charge >= 0.3 is 5.97 Å². The molecule has 102 valence electrons. The molecule has 0 bridgehead atoms. The minimum absolute atomic E-state index is 0.0575. The predicted molar refractivity (Wildman–Crippen MR) is 71.0 cm³/mol. The minimum Gasteiger partial charge on any atom is -0.478 e. The number of carbonyl (C=O) groups excluding carboxylic acids is 1. The van der Waals surface area contributed by atoms with Crippen LogP contribution in [0.1, 0.15) is 32.3 Å². The van der Waals surface area contributed by atoms with Crippen LogP contribution in [0.2, 0.25) is 0 Å². The second kappa shape index (κ2) is 4.46. The third-order valence-electron chi connectivity index (χ3n) is 3.46. The van der Waals surface area contributed by atoms with Gasteiger partial charge in [0.1, 0.15) is 0 Å². The summed E-state index contributed by atoms with van der Waals surface area (Å²) < 4.78 is 0. The lowest BCUT2D eigenvalue weighted by Gasteiger charge is -2.19. The Morgan fingerprint density at radius 2 is 2.05 bits per heavy atom. The van der Waals surface area contributed by atoms with Gasteiger partial charge in [0.05, 0.1) is 23.2 Å². The average Bonchev–Trinajstić information content (AvgIpc) is 2.99. The van der Waals surface area contributed by atoms with Crippen LogP contribution < -0.4 is 16.6 Å². The number of hydrazine groups is 1. The van der Waals surface area contributed by atoms with Gasteiger partial charge in [0.25, 0.3) is 0 Å². The van der Waals surface area contributed by atoms with E-state index in [0.29, 0.717) is 5.56 Å². The highest BCUT2D eigenvalue weighted by Gasteiger charge is 2.37. The Hall–Kier alpha value is -2.67. The standard InChI is InChI=1S/C13H12N4O3/c14-12(18)6-2-1-3-7(13(19)20)10(6)11-8-4-15-5-9(8)16-17-11/h1-5,8,11,16-17H,(H2,14,18)(H,19,20). The first-order valence-corrected chi connectivity index (χ1v) is 6.00. The fourth-order valence-corrected chi connectivity index (χ4v) is 2.57. The number of primary amides is 1. The summed E-state index contributed by atoms with van der Waals surface area (Å²) >= 11 is 0. The Kier molecular flexibility index (Phi) is 2.76. The van der Waals surface area contributed by atoms with Crippen LogP contribution in [0.15, 0.2) is 35.1 Å². The predicted octanol–water partition coefficient (Wildman–Crippen LogP) is 0.175. The maximum atomic E-state index is 11.6. The number of fused-ring (bicyclic) bond motifs is 1. The van der Waals surface area contributed by atoms with Crippen LogP contribution in [0.5, 0.6) is 0 Å². The highest BCUT2D eigenvalue weighted by molar-refractivity contribution is 5.99. The number of hydrogen-bond acceptors (Lipinski definition) is 5. The molecule has 2 atom stereocenters. The number of hydrogen-bond donors (Lipinski definition) is 4. The molecule has 0 aliphatic carbocycles. The summed E-state index contributed by atoms with van der Waals surface area (Å²) in [6.07, 6.45) is 3.36. The normalized spacial score (nSPS) is 23.1. The number of aliphatic imine (C=N–C) groups is 1. The summed E-state index contributed by atoms with van der Waals surface area (Å²) in [6.45, 7) is 0. The SMILES string of the molecule is NC(=O)c1cccc(C(=O)O)c1C1NNC2=CN=CC21. The van der Waals surface area contributed by atoms with Gasteiger partial charge in [-0.1, -0.05) is 6.07 Å². The largest absolute Gasteiger partial charge is 0.478 e. The van der Waals surface area contributed by atoms with Crippen molar-refractivity contribution >= 4 is 18.1 Å². The van der Waals surface area contributed by atoms with E-state index in [1.807, 2.05) is 0 Å². The smallest absolute Gasteiger partial charge is 0.336 e. The Bertz CT molecular complexity index is 633. The van der Waals surface area contributed by atoms with Crippen molar-refractivity contribution in [3.8, 4) is 0 Å². The number of nitrogens with two attached hydrogens (primary N) is 1. The fraction of sp³-hybridized carbons (Fsp3) is 0.154. The molecule has 0 aromatic heterocycles. The highest BCUT2D eigenvalue weighted by Crippen LogP contribution is 2.35. The Labute approximate surface area is 114 Å². The molecule has 2 heterocycles. The number of carboxylic acids is 1. The van der Waals surface area contributed by atoms with Crippen LogP contribution in [-0.4, -0.2) is 23.2 Å². The molecule has 3 rings (SSSR count). The van der Waals surface area contributed by atoms with E-state index >= 15 is 0 Å². The van der Waals surface area contributed by atoms with Crippen molar-refractivity contribution in [1.82, 2.24) is 10.9 Å². The molecular formula is C13H12N4O3. The molecule has 1 saturated heterocycles. The number of amides is 1. The topological polar surface area (TPSA) is 117 Å². The quantitative estimate of drug-likeness (QED) is 0.626. The number of nitrogens with zero attached hydrogens (tertiary/aromatic N) is 1. The summed E-state index contributed by atoms with van der Waals surface area (Å²) in [5, 5.41) is 9.32. The van der Waals surface area contributed by atoms with Crippen LogP contribution in [0.3, 0.4) is 0 Å². The van der Waals surface area contributed by atoms with Gasteiger partial charge in [-0.25, -0.2) is 10.2 Å². The van der Waals surface area contributed by atoms with E-state index < -0.39 is 17.9 Å². The van der Waals surface area contributed by atoms with Gasteiger partial charge in [-0.3, -0.25) is 9.79 Å². The van der Waals surface area contributed by atoms with E-state index in [-0.39, 0.29) is 17.0 Å². The van der Waals surface area contributed by atoms with Crippen LogP contribution in [0.25, 0.3) is 0 Å². The molecule has 2 unspecified atom stereocenters. The Morgan fingerprint density at radius 1 is 1.30 bits per heavy atom. The molecule has 1 amide bonds. The average molecular weight is 272 g/mol. The molecule has 2 aliphatic heterocycles. The van der Waals surface area contributed by atoms with Crippen molar-refractivity contribution in [2.24, 2.45) is 16.6 Å². The molecule has 0 radical (unpaired) electrons. The van der Waals surface area contributed by atoms with Crippen molar-refractivity contribution in [2.75, 3.05) is 0 Å². The number of carboxylic acid groups (broad SMARTS) is 1. The first-order valence-electron chi connectivity index (χ1n) is 6.00. The molecule has 7 nitrogen and oxygen atoms in total. The molecule has 20 heavy (non-hydrogen) atoms. The maximum absolute atomic E-state index is 11.6. The number of benzene rings is 1. The summed E-state index contributed by atoms with van der Waals surface area (Å²) in [5.74, 6) is -1.89. The van der Waals surface area contributed by atoms with Crippen molar-refractivity contribution < 1.29 is 14.7 Å². The van der Waals surface area contributed by atoms with Gasteiger partial charge in [0.15, 0.2) is 0 Å². The van der Waals surface area contributed by atoms with E-state index in [9.17, 15) is 14.7 Å². The zero-order valence-electron chi connectivity index (χ0n) is 10.3. The molecule has 1 aromatic carbocycles. The van der Waals surface area contributed by atoms with Crippen LogP contribution in [0, 0.1) is 5.92 Å². The van der Waals surface area contributed by atoms with Gasteiger partial charge < -0.3 is 16.3 Å². The molecule has 0 spiro atoms. The second-order valence-corrected chi connectivity index (χ2v) is 4.59. The first kappa shape index (κ1) is 12.4. The van der Waals surface area contributed by atoms with Crippen molar-refractivity contribution in [2.45, 2.75) is 6.04 Å². The number of carbonyl (C=O) groups is 2. The van der Waals surface area contributed by atoms with E-state index in [0.717, 1.165) is 5.70 Å². The van der Waals surface area contributed by atoms with Crippen LogP contribution in [-0.2, 0) is 0 Å². The van der Waals surface area contributed by atoms with Gasteiger partial charge in [-0.2, -0.15) is 0 Å². The summed E-state index contributed by atoms with van der Waals surface area (Å²) in [7, 11) is 0. The number of nitrogens with one attached hydrogen (secondary N) is 2. The number of rotatable bonds is 3. The summed E-state index contributed by atoms with van der Waals surface area (Å²) in [6, 6.07) is 4.09. The zero-order valence-corrected chi connectivity index (χ0v) is 10.3. The second-order valence-electron chi connectivity index (χ2n) is 4.59. The zero-order chi connectivity index (χ0) is 14.3. The van der Waals surface area contributed by atoms with E-state index in [4.69, 9.17) is 5.73 Å². The molecule has 1 fully saturated rings. The molecule has 5 N–H and O–H groups in total. The molecule has 7 heteroatoms. The van der Waals surface area contributed by atoms with Gasteiger partial charge in [0.2, 0.25) is 5.91 Å². The lowest BCUT2D eigenvalue weighted by Crippen LogP contribution is -2.29. The van der Waals surface area contributed by atoms with Gasteiger partial charge in [0, 0.05) is 18.0 Å². The fourth-order valence-electron chi connectivity index (χ4n) is 2.57. The molecular weight excluding hydrogens is 260 g/mol. The lowest BCUT2D eigenvalue weighted by molar-refractivity contribution is 0.0694. The van der Waals surface area contributed by atoms with Gasteiger partial charge in [-0.05, 0) is 17.7 Å². The third-order valence-corrected chi connectivity index (χ3v) is 3.46. The third kappa shape index (κ3) is 1.76. The number of aromatic carboxylic acids is 1. The van der Waals surface area contributed by atoms with E-state index in [2.05, 4.69) is 15.8 Å². The minimum atomic E-state index is -1.10. The maximum Gasteiger partial charge on any atom is 0.336 e. The Balaban J connectivity index is 2.16. The van der Waals surface area contributed by atoms with Crippen molar-refractivity contribution in [1.29, 1.82) is 0 Å². The highest BCUT2D eigenvalue weighted by atomic mass is 16.4. The van der Waals surface area contributed by atoms with Crippen LogP contribution in [0.4, 0.5) is 0 Å². The molecule has 2 aliphatic rings. The first-order chi connectivity index (χ1) is 9.59. The van der Waals surface area contributed by atoms with Crippen molar-refractivity contribution in [3.63, 3.8) is 0 Å². The van der Waals surface area contributed by atoms with E-state index in [1.54, 1.807) is 12.4 Å². The molecule has 0 saturated carbocycles. The monoisotopic (exact) mass is 272 g/mol. The summed E-state index contributed by atoms with van der Waals surface area (Å²) in [5.41, 5.74) is 12.8. The molecule has 1 aromatic rings. The van der Waals surface area contributed by atoms with E-state index in [1.165, 1.54) is 18.2 Å². The van der Waals surface area contributed by atoms with Gasteiger partial charge in [-0.15, -0.1) is 0 Å².